The van der Waals surface area contributed by atoms with Gasteiger partial charge in [-0.2, -0.15) is 0 Å². The van der Waals surface area contributed by atoms with Crippen molar-refractivity contribution in [2.45, 2.75) is 78.3 Å². The Morgan fingerprint density at radius 2 is 1.12 bits per heavy atom. The van der Waals surface area contributed by atoms with Crippen LogP contribution in [0.15, 0.2) is 46.4 Å². The molecule has 2 aromatic carbocycles. The van der Waals surface area contributed by atoms with E-state index in [0.29, 0.717) is 140 Å². The summed E-state index contributed by atoms with van der Waals surface area (Å²) in [5.74, 6) is 2.57. The molecule has 0 bridgehead atoms. The summed E-state index contributed by atoms with van der Waals surface area (Å²) in [6.07, 6.45) is 1.66. The topological polar surface area (TPSA) is 254 Å². The van der Waals surface area contributed by atoms with Crippen LogP contribution >= 0.6 is 34.3 Å². The smallest absolute Gasteiger partial charge is 0.319 e. The third-order valence-corrected chi connectivity index (χ3v) is 14.9. The number of benzene rings is 2. The SMILES string of the molecule is CC(C)CO.CCNC(=O)Nc1sc2c(OC)cccc2c1C(=O)N1CCC2(CC1)N=C(CCl)NC2=O.CCNC(=O)Nc1sc2c(OC)cccc2c1C(=O)N1CCC2(CC1)N=C(COCC(C)C)NC2=O. The number of aliphatic imine (C=N–C) groups is 2. The molecular weight excluding hydrogens is 1000 g/mol. The Hall–Kier alpha value is -6.07. The molecule has 0 saturated carbocycles. The standard InChI is InChI=1S/C25H33N5O5S.C21H24ClN5O4S.C4H10O/c1-5-26-24(33)28-21-19(16-7-6-8-17(34-4)20(16)36-21)22(31)30-11-9-25(10-12-30)23(32)27-18(29-25)14-35-13-15(2)3;1-3-23-20(30)25-17-15(12-5-4-6-13(31-2)16(12)32-17)18(28)27-9-7-21(8-10-27)19(29)24-14(11-22)26-21;1-4(2)3-5/h6-8,15H,5,9-14H2,1-4H3,(H2,26,28,33)(H,27,29,32);4-6H,3,7-11H2,1-2H3,(H2,23,25,30)(H,24,26,29);4-5H,3H2,1-2H3. The zero-order chi connectivity index (χ0) is 53.0. The molecule has 8 amide bonds. The average Bonchev–Trinajstić information content (AvgIpc) is 4.11. The second kappa shape index (κ2) is 25.2. The van der Waals surface area contributed by atoms with Crippen molar-refractivity contribution in [3.05, 3.63) is 47.5 Å². The average molecular weight is 1070 g/mol. The van der Waals surface area contributed by atoms with Gasteiger partial charge in [-0.05, 0) is 63.5 Å². The molecule has 396 valence electrons. The van der Waals surface area contributed by atoms with Crippen LogP contribution < -0.4 is 41.4 Å². The number of rotatable bonds is 14. The first-order valence-corrected chi connectivity index (χ1v) is 26.6. The van der Waals surface area contributed by atoms with Crippen LogP contribution in [0.2, 0.25) is 0 Å². The summed E-state index contributed by atoms with van der Waals surface area (Å²) in [4.78, 5) is 89.7. The number of nitrogens with zero attached hydrogens (tertiary/aromatic N) is 4. The molecule has 0 aliphatic carbocycles. The van der Waals surface area contributed by atoms with E-state index in [0.717, 1.165) is 14.8 Å². The number of alkyl halides is 1. The summed E-state index contributed by atoms with van der Waals surface area (Å²) >= 11 is 8.43. The number of aliphatic hydroxyl groups excluding tert-OH is 1. The highest BCUT2D eigenvalue weighted by molar-refractivity contribution is 7.24. The van der Waals surface area contributed by atoms with Crippen LogP contribution in [0.4, 0.5) is 19.6 Å². The van der Waals surface area contributed by atoms with Crippen LogP contribution in [0.1, 0.15) is 87.9 Å². The largest absolute Gasteiger partial charge is 0.495 e. The summed E-state index contributed by atoms with van der Waals surface area (Å²) in [5, 5.41) is 27.1. The Morgan fingerprint density at radius 3 is 1.48 bits per heavy atom. The predicted molar refractivity (Wildman–Crippen MR) is 287 cm³/mol. The second-order valence-corrected chi connectivity index (χ2v) is 20.9. The number of hydrogen-bond donors (Lipinski definition) is 7. The van der Waals surface area contributed by atoms with Gasteiger partial charge in [-0.25, -0.2) is 9.59 Å². The number of amidine groups is 2. The van der Waals surface area contributed by atoms with Crippen molar-refractivity contribution in [2.24, 2.45) is 21.8 Å². The number of nitrogens with one attached hydrogen (secondary N) is 6. The second-order valence-electron chi connectivity index (χ2n) is 18.5. The van der Waals surface area contributed by atoms with Gasteiger partial charge in [0, 0.05) is 63.3 Å². The number of ether oxygens (including phenoxy) is 3. The summed E-state index contributed by atoms with van der Waals surface area (Å²) in [7, 11) is 3.14. The number of piperidine rings is 2. The number of carbonyl (C=O) groups excluding carboxylic acids is 6. The Morgan fingerprint density at radius 1 is 0.712 bits per heavy atom. The van der Waals surface area contributed by atoms with Crippen molar-refractivity contribution < 1.29 is 48.1 Å². The van der Waals surface area contributed by atoms with Crippen molar-refractivity contribution in [2.75, 3.05) is 89.8 Å². The van der Waals surface area contributed by atoms with Crippen molar-refractivity contribution in [3.8, 4) is 11.5 Å². The number of anilines is 2. The van der Waals surface area contributed by atoms with E-state index in [1.165, 1.54) is 22.7 Å². The Labute approximate surface area is 438 Å². The van der Waals surface area contributed by atoms with Crippen molar-refractivity contribution >= 4 is 112 Å². The van der Waals surface area contributed by atoms with E-state index in [2.05, 4.69) is 55.7 Å². The van der Waals surface area contributed by atoms with Crippen LogP contribution in [0.3, 0.4) is 0 Å². The zero-order valence-electron chi connectivity index (χ0n) is 42.6. The van der Waals surface area contributed by atoms with Crippen molar-refractivity contribution in [1.82, 2.24) is 31.1 Å². The first-order valence-electron chi connectivity index (χ1n) is 24.4. The van der Waals surface area contributed by atoms with Gasteiger partial charge in [-0.3, -0.25) is 39.8 Å². The number of urea groups is 2. The lowest BCUT2D eigenvalue weighted by Crippen LogP contribution is -2.50. The fraction of sp³-hybridized carbons (Fsp3) is 0.520. The molecule has 8 rings (SSSR count). The molecule has 6 heterocycles. The number of thiophene rings is 2. The minimum absolute atomic E-state index is 0.137. The van der Waals surface area contributed by atoms with Gasteiger partial charge in [0.25, 0.3) is 23.6 Å². The lowest BCUT2D eigenvalue weighted by Gasteiger charge is -2.35. The third-order valence-electron chi connectivity index (χ3n) is 12.4. The van der Waals surface area contributed by atoms with E-state index in [9.17, 15) is 28.8 Å². The summed E-state index contributed by atoms with van der Waals surface area (Å²) in [6, 6.07) is 10.2. The van der Waals surface area contributed by atoms with Gasteiger partial charge in [0.1, 0.15) is 50.9 Å². The van der Waals surface area contributed by atoms with E-state index < -0.39 is 11.1 Å². The van der Waals surface area contributed by atoms with E-state index in [1.807, 2.05) is 64.1 Å². The number of halogens is 1. The summed E-state index contributed by atoms with van der Waals surface area (Å²) in [6.45, 7) is 15.3. The number of carbonyl (C=O) groups is 6. The maximum Gasteiger partial charge on any atom is 0.319 e. The number of amides is 8. The third kappa shape index (κ3) is 13.0. The fourth-order valence-electron chi connectivity index (χ4n) is 8.57. The first-order chi connectivity index (χ1) is 35.0. The molecule has 2 spiro atoms. The maximum atomic E-state index is 13.8. The molecule has 0 atom stereocenters. The molecule has 0 unspecified atom stereocenters. The maximum absolute atomic E-state index is 13.8. The molecule has 23 heteroatoms. The molecule has 0 radical (unpaired) electrons. The molecule has 7 N–H and O–H groups in total. The summed E-state index contributed by atoms with van der Waals surface area (Å²) < 4.78 is 18.1. The van der Waals surface area contributed by atoms with Crippen molar-refractivity contribution in [1.29, 1.82) is 0 Å². The monoisotopic (exact) mass is 1070 g/mol. The van der Waals surface area contributed by atoms with Crippen LogP contribution in [-0.2, 0) is 14.3 Å². The van der Waals surface area contributed by atoms with Crippen LogP contribution in [0.25, 0.3) is 20.2 Å². The number of aliphatic hydroxyl groups is 1. The van der Waals surface area contributed by atoms with Crippen LogP contribution in [0.5, 0.6) is 11.5 Å². The molecule has 2 saturated heterocycles. The van der Waals surface area contributed by atoms with E-state index >= 15 is 0 Å². The quantitative estimate of drug-likeness (QED) is 0.0662. The van der Waals surface area contributed by atoms with E-state index in [1.54, 1.807) is 24.0 Å². The Kier molecular flexibility index (Phi) is 19.4. The Balaban J connectivity index is 0.000000219. The minimum Gasteiger partial charge on any atom is -0.495 e. The highest BCUT2D eigenvalue weighted by Gasteiger charge is 2.48. The van der Waals surface area contributed by atoms with Crippen LogP contribution in [0, 0.1) is 11.8 Å². The molecule has 4 aliphatic rings. The number of likely N-dealkylation sites (tertiary alicyclic amines) is 2. The van der Waals surface area contributed by atoms with E-state index in [-0.39, 0.29) is 48.2 Å². The van der Waals surface area contributed by atoms with Gasteiger partial charge in [0.15, 0.2) is 0 Å². The number of hydrogen-bond acceptors (Lipinski definition) is 14. The highest BCUT2D eigenvalue weighted by atomic mass is 35.5. The van der Waals surface area contributed by atoms with Gasteiger partial charge in [-0.15, -0.1) is 34.3 Å². The number of methoxy groups -OCH3 is 2. The van der Waals surface area contributed by atoms with Gasteiger partial charge >= 0.3 is 12.1 Å². The lowest BCUT2D eigenvalue weighted by molar-refractivity contribution is -0.125. The van der Waals surface area contributed by atoms with Crippen LogP contribution in [-0.4, -0.2) is 153 Å². The molecular formula is C50H67ClN10O10S2. The molecule has 20 nitrogen and oxygen atoms in total. The molecule has 4 aliphatic heterocycles. The number of fused-ring (bicyclic) bond motifs is 2. The minimum atomic E-state index is -0.866. The van der Waals surface area contributed by atoms with Crippen molar-refractivity contribution in [3.63, 3.8) is 0 Å². The first kappa shape index (κ1) is 56.2. The molecule has 4 aromatic rings. The normalized spacial score (nSPS) is 16.5. The van der Waals surface area contributed by atoms with Gasteiger partial charge in [0.05, 0.1) is 40.6 Å². The molecule has 2 aromatic heterocycles. The summed E-state index contributed by atoms with van der Waals surface area (Å²) in [5.41, 5.74) is -0.872. The van der Waals surface area contributed by atoms with Gasteiger partial charge in [-0.1, -0.05) is 52.0 Å². The fourth-order valence-corrected chi connectivity index (χ4v) is 11.1. The zero-order valence-corrected chi connectivity index (χ0v) is 45.0. The molecule has 2 fully saturated rings. The predicted octanol–water partition coefficient (Wildman–Crippen LogP) is 6.65. The van der Waals surface area contributed by atoms with Gasteiger partial charge < -0.3 is 50.4 Å². The molecule has 73 heavy (non-hydrogen) atoms. The lowest BCUT2D eigenvalue weighted by atomic mass is 9.87. The highest BCUT2D eigenvalue weighted by Crippen LogP contribution is 2.44. The van der Waals surface area contributed by atoms with Gasteiger partial charge in [0.2, 0.25) is 0 Å². The Bertz CT molecular complexity index is 2720. The van der Waals surface area contributed by atoms with E-state index in [4.69, 9.17) is 30.9 Å².